The Morgan fingerprint density at radius 3 is 2.60 bits per heavy atom. The van der Waals surface area contributed by atoms with Crippen LogP contribution in [0.15, 0.2) is 60.8 Å². The van der Waals surface area contributed by atoms with Crippen molar-refractivity contribution in [2.24, 2.45) is 0 Å². The molecule has 4 aromatic rings. The Morgan fingerprint density at radius 2 is 1.83 bits per heavy atom. The monoisotopic (exact) mass is 472 g/mol. The molecule has 0 saturated heterocycles. The number of aryl methyl sites for hydroxylation is 1. The van der Waals surface area contributed by atoms with E-state index in [1.54, 1.807) is 47.9 Å². The molecule has 2 heterocycles. The van der Waals surface area contributed by atoms with E-state index >= 15 is 0 Å². The van der Waals surface area contributed by atoms with Gasteiger partial charge >= 0.3 is 5.97 Å². The number of carbonyl (C=O) groups is 2. The summed E-state index contributed by atoms with van der Waals surface area (Å²) in [6.07, 6.45) is 1.95. The maximum atomic E-state index is 13.1. The number of carbonyl (C=O) groups excluding carboxylic acids is 2. The second-order valence-electron chi connectivity index (χ2n) is 8.22. The topological polar surface area (TPSA) is 88.4 Å². The first kappa shape index (κ1) is 22.5. The lowest BCUT2D eigenvalue weighted by Gasteiger charge is -2.23. The Hall–Kier alpha value is -4.33. The Bertz CT molecular complexity index is 1430. The van der Waals surface area contributed by atoms with Crippen molar-refractivity contribution in [3.8, 4) is 17.2 Å². The number of fused-ring (bicyclic) bond motifs is 2. The summed E-state index contributed by atoms with van der Waals surface area (Å²) in [6.45, 7) is 1.78. The zero-order valence-corrected chi connectivity index (χ0v) is 19.6. The van der Waals surface area contributed by atoms with E-state index in [0.717, 1.165) is 17.4 Å². The van der Waals surface area contributed by atoms with Crippen molar-refractivity contribution in [2.45, 2.75) is 25.6 Å². The molecule has 2 atom stereocenters. The van der Waals surface area contributed by atoms with Gasteiger partial charge in [0.05, 0.1) is 25.5 Å². The van der Waals surface area contributed by atoms with E-state index in [1.165, 1.54) is 14.2 Å². The molecular weight excluding hydrogens is 448 g/mol. The van der Waals surface area contributed by atoms with E-state index < -0.39 is 18.2 Å². The van der Waals surface area contributed by atoms with Crippen LogP contribution in [0, 0.1) is 6.92 Å². The van der Waals surface area contributed by atoms with E-state index in [-0.39, 0.29) is 0 Å². The first-order valence-electron chi connectivity index (χ1n) is 11.1. The lowest BCUT2D eigenvalue weighted by atomic mass is 10.1. The van der Waals surface area contributed by atoms with E-state index in [4.69, 9.17) is 18.9 Å². The normalized spacial score (nSPS) is 16.5. The average molecular weight is 472 g/mol. The highest BCUT2D eigenvalue weighted by Gasteiger charge is 2.38. The van der Waals surface area contributed by atoms with Crippen molar-refractivity contribution in [1.82, 2.24) is 9.38 Å². The standard InChI is InChI=1S/C27H24N2O6/c1-16-20(15-30)29-12-6-9-22(26(29)28-16)34-25-19-8-5-4-7-17(19)13-24(25)35-27(31)18-10-11-21(32-2)23(14-18)33-3/h4-12,14-15,24-25H,13H2,1-3H3. The number of hydrogen-bond acceptors (Lipinski definition) is 7. The number of ether oxygens (including phenoxy) is 4. The van der Waals surface area contributed by atoms with E-state index in [1.807, 2.05) is 24.3 Å². The van der Waals surface area contributed by atoms with Crippen molar-refractivity contribution < 1.29 is 28.5 Å². The number of rotatable bonds is 7. The third-order valence-electron chi connectivity index (χ3n) is 6.20. The Morgan fingerprint density at radius 1 is 1.03 bits per heavy atom. The summed E-state index contributed by atoms with van der Waals surface area (Å²) in [5.74, 6) is 0.973. The van der Waals surface area contributed by atoms with Crippen molar-refractivity contribution in [2.75, 3.05) is 14.2 Å². The number of esters is 1. The summed E-state index contributed by atoms with van der Waals surface area (Å²) in [4.78, 5) is 29.2. The first-order chi connectivity index (χ1) is 17.0. The number of benzene rings is 2. The SMILES string of the molecule is COc1ccc(C(=O)OC2Cc3ccccc3C2Oc2cccn3c(C=O)c(C)nc23)cc1OC. The second-order valence-corrected chi connectivity index (χ2v) is 8.22. The maximum Gasteiger partial charge on any atom is 0.338 e. The summed E-state index contributed by atoms with van der Waals surface area (Å²) >= 11 is 0. The highest BCUT2D eigenvalue weighted by atomic mass is 16.6. The number of aldehydes is 1. The number of hydrogen-bond donors (Lipinski definition) is 0. The lowest BCUT2D eigenvalue weighted by molar-refractivity contribution is -0.00288. The van der Waals surface area contributed by atoms with Crippen molar-refractivity contribution in [3.05, 3.63) is 88.9 Å². The third-order valence-corrected chi connectivity index (χ3v) is 6.20. The van der Waals surface area contributed by atoms with Crippen LogP contribution in [0.5, 0.6) is 17.2 Å². The van der Waals surface area contributed by atoms with Crippen LogP contribution in [-0.2, 0) is 11.2 Å². The van der Waals surface area contributed by atoms with Crippen LogP contribution in [-0.4, -0.2) is 42.0 Å². The molecule has 5 rings (SSSR count). The zero-order chi connectivity index (χ0) is 24.5. The fourth-order valence-electron chi connectivity index (χ4n) is 4.48. The van der Waals surface area contributed by atoms with Crippen molar-refractivity contribution in [1.29, 1.82) is 0 Å². The fourth-order valence-corrected chi connectivity index (χ4v) is 4.48. The van der Waals surface area contributed by atoms with E-state index in [9.17, 15) is 9.59 Å². The predicted octanol–water partition coefficient (Wildman–Crippen LogP) is 4.37. The van der Waals surface area contributed by atoms with Crippen LogP contribution in [0.3, 0.4) is 0 Å². The molecule has 0 bridgehead atoms. The summed E-state index contributed by atoms with van der Waals surface area (Å²) in [5, 5.41) is 0. The van der Waals surface area contributed by atoms with Crippen LogP contribution >= 0.6 is 0 Å². The van der Waals surface area contributed by atoms with Gasteiger partial charge in [0.15, 0.2) is 35.3 Å². The molecule has 2 aromatic heterocycles. The van der Waals surface area contributed by atoms with Gasteiger partial charge in [0.25, 0.3) is 0 Å². The van der Waals surface area contributed by atoms with Gasteiger partial charge in [0.1, 0.15) is 11.8 Å². The smallest absolute Gasteiger partial charge is 0.338 e. The lowest BCUT2D eigenvalue weighted by Crippen LogP contribution is -2.26. The van der Waals surface area contributed by atoms with Gasteiger partial charge in [-0.25, -0.2) is 9.78 Å². The summed E-state index contributed by atoms with van der Waals surface area (Å²) in [6, 6.07) is 16.3. The predicted molar refractivity (Wildman–Crippen MR) is 128 cm³/mol. The molecule has 8 heteroatoms. The van der Waals surface area contributed by atoms with Crippen LogP contribution in [0.1, 0.15) is 43.8 Å². The minimum Gasteiger partial charge on any atom is -0.493 e. The first-order valence-corrected chi connectivity index (χ1v) is 11.1. The van der Waals surface area contributed by atoms with Gasteiger partial charge in [0, 0.05) is 12.6 Å². The quantitative estimate of drug-likeness (QED) is 0.291. The molecular formula is C27H24N2O6. The molecule has 0 radical (unpaired) electrons. The minimum absolute atomic E-state index is 0.346. The molecule has 0 saturated carbocycles. The molecule has 0 fully saturated rings. The van der Waals surface area contributed by atoms with Gasteiger partial charge in [-0.2, -0.15) is 0 Å². The van der Waals surface area contributed by atoms with Gasteiger partial charge in [0.2, 0.25) is 0 Å². The van der Waals surface area contributed by atoms with Gasteiger partial charge < -0.3 is 18.9 Å². The van der Waals surface area contributed by atoms with Crippen LogP contribution in [0.2, 0.25) is 0 Å². The number of methoxy groups -OCH3 is 2. The number of imidazole rings is 1. The van der Waals surface area contributed by atoms with Gasteiger partial charge in [-0.1, -0.05) is 24.3 Å². The van der Waals surface area contributed by atoms with Crippen molar-refractivity contribution in [3.63, 3.8) is 0 Å². The molecule has 2 aromatic carbocycles. The number of nitrogens with zero attached hydrogens (tertiary/aromatic N) is 2. The molecule has 0 amide bonds. The van der Waals surface area contributed by atoms with Crippen LogP contribution in [0.25, 0.3) is 5.65 Å². The maximum absolute atomic E-state index is 13.1. The number of pyridine rings is 1. The molecule has 0 aliphatic heterocycles. The van der Waals surface area contributed by atoms with Crippen LogP contribution < -0.4 is 14.2 Å². The average Bonchev–Trinajstić information content (AvgIpc) is 3.40. The van der Waals surface area contributed by atoms with E-state index in [0.29, 0.717) is 46.3 Å². The second kappa shape index (κ2) is 9.13. The molecule has 1 aliphatic carbocycles. The minimum atomic E-state index is -0.560. The summed E-state index contributed by atoms with van der Waals surface area (Å²) < 4.78 is 24.7. The molecule has 178 valence electrons. The molecule has 2 unspecified atom stereocenters. The Balaban J connectivity index is 1.47. The van der Waals surface area contributed by atoms with Gasteiger partial charge in [-0.15, -0.1) is 0 Å². The molecule has 1 aliphatic rings. The molecule has 0 N–H and O–H groups in total. The van der Waals surface area contributed by atoms with Gasteiger partial charge in [-0.05, 0) is 48.4 Å². The molecule has 35 heavy (non-hydrogen) atoms. The summed E-state index contributed by atoms with van der Waals surface area (Å²) in [5.41, 5.74) is 3.94. The Labute approximate surface area is 202 Å². The largest absolute Gasteiger partial charge is 0.493 e. The third kappa shape index (κ3) is 3.97. The number of aromatic nitrogens is 2. The highest BCUT2D eigenvalue weighted by Crippen LogP contribution is 2.39. The molecule has 8 nitrogen and oxygen atoms in total. The summed E-state index contributed by atoms with van der Waals surface area (Å²) in [7, 11) is 3.05. The zero-order valence-electron chi connectivity index (χ0n) is 19.6. The van der Waals surface area contributed by atoms with Crippen LogP contribution in [0.4, 0.5) is 0 Å². The molecule has 0 spiro atoms. The Kier molecular flexibility index (Phi) is 5.86. The van der Waals surface area contributed by atoms with E-state index in [2.05, 4.69) is 4.98 Å². The highest BCUT2D eigenvalue weighted by molar-refractivity contribution is 5.90. The fraction of sp³-hybridized carbons (Fsp3) is 0.222. The van der Waals surface area contributed by atoms with Crippen molar-refractivity contribution >= 4 is 17.9 Å². The van der Waals surface area contributed by atoms with Gasteiger partial charge in [-0.3, -0.25) is 9.20 Å².